The molecule has 26 heavy (non-hydrogen) atoms. The lowest BCUT2D eigenvalue weighted by Crippen LogP contribution is -2.13. The average Bonchev–Trinajstić information content (AvgIpc) is 3.24. The molecule has 0 atom stereocenters. The number of allylic oxidation sites excluding steroid dienone is 1. The molecule has 3 heterocycles. The molecule has 1 radical (unpaired) electrons. The monoisotopic (exact) mass is 419 g/mol. The van der Waals surface area contributed by atoms with E-state index in [-0.39, 0.29) is 5.75 Å². The van der Waals surface area contributed by atoms with Gasteiger partial charge in [-0.2, -0.15) is 19.3 Å². The van der Waals surface area contributed by atoms with E-state index in [1.54, 1.807) is 41.3 Å². The van der Waals surface area contributed by atoms with Crippen molar-refractivity contribution in [2.45, 2.75) is 6.61 Å². The Balaban J connectivity index is 1.68. The maximum Gasteiger partial charge on any atom is 0.387 e. The number of hydrogen-bond donors (Lipinski definition) is 1. The molecule has 1 aromatic carbocycles. The molecule has 0 spiro atoms. The van der Waals surface area contributed by atoms with Crippen LogP contribution in [-0.2, 0) is 0 Å². The Morgan fingerprint density at radius 3 is 3.00 bits per heavy atom. The van der Waals surface area contributed by atoms with Gasteiger partial charge in [0, 0.05) is 22.4 Å². The smallest absolute Gasteiger partial charge is 0.387 e. The summed E-state index contributed by atoms with van der Waals surface area (Å²) in [5, 5.41) is 11.4. The van der Waals surface area contributed by atoms with Gasteiger partial charge in [0.2, 0.25) is 0 Å². The molecule has 4 rings (SSSR count). The second-order valence-corrected chi connectivity index (χ2v) is 6.11. The summed E-state index contributed by atoms with van der Waals surface area (Å²) < 4.78 is 32.3. The molecule has 1 aliphatic rings. The Morgan fingerprint density at radius 2 is 2.15 bits per heavy atom. The molecule has 131 valence electrons. The second kappa shape index (κ2) is 6.71. The van der Waals surface area contributed by atoms with Crippen LogP contribution >= 0.6 is 15.9 Å². The van der Waals surface area contributed by atoms with Crippen LogP contribution < -0.4 is 15.5 Å². The number of nitrogens with zero attached hydrogens (tertiary/aromatic N) is 5. The predicted octanol–water partition coefficient (Wildman–Crippen LogP) is 3.37. The molecule has 1 aliphatic heterocycles. The van der Waals surface area contributed by atoms with E-state index in [1.807, 2.05) is 0 Å². The number of ether oxygens (including phenoxy) is 1. The van der Waals surface area contributed by atoms with E-state index in [9.17, 15) is 8.78 Å². The minimum atomic E-state index is -2.95. The van der Waals surface area contributed by atoms with Gasteiger partial charge in [-0.25, -0.2) is 9.50 Å². The summed E-state index contributed by atoms with van der Waals surface area (Å²) in [6.07, 6.45) is 6.51. The average molecular weight is 420 g/mol. The first-order valence-corrected chi connectivity index (χ1v) is 8.19. The first kappa shape index (κ1) is 16.5. The van der Waals surface area contributed by atoms with Crippen molar-refractivity contribution in [2.75, 3.05) is 5.32 Å². The van der Waals surface area contributed by atoms with E-state index in [2.05, 4.69) is 46.6 Å². The summed E-state index contributed by atoms with van der Waals surface area (Å²) in [6.45, 7) is -2.95. The van der Waals surface area contributed by atoms with Crippen LogP contribution in [-0.4, -0.2) is 26.9 Å². The maximum atomic E-state index is 12.7. The van der Waals surface area contributed by atoms with Gasteiger partial charge in [-0.15, -0.1) is 5.10 Å². The Labute approximate surface area is 154 Å². The van der Waals surface area contributed by atoms with Gasteiger partial charge in [-0.3, -0.25) is 0 Å². The van der Waals surface area contributed by atoms with Crippen LogP contribution in [0.15, 0.2) is 64.3 Å². The molecular weight excluding hydrogens is 410 g/mol. The SMILES string of the molecule is FC(F)Oc1ccc(Br)cc1C1=N[N]C=C1Nc1cnn2cccnc12. The summed E-state index contributed by atoms with van der Waals surface area (Å²) >= 11 is 3.33. The number of nitrogens with one attached hydrogen (secondary N) is 1. The van der Waals surface area contributed by atoms with Crippen LogP contribution in [0.25, 0.3) is 5.65 Å². The Hall–Kier alpha value is -3.01. The fourth-order valence-electron chi connectivity index (χ4n) is 2.50. The highest BCUT2D eigenvalue weighted by Gasteiger charge is 2.23. The molecule has 0 saturated carbocycles. The Morgan fingerprint density at radius 1 is 1.27 bits per heavy atom. The fraction of sp³-hybridized carbons (Fsp3) is 0.0625. The molecule has 0 unspecified atom stereocenters. The molecular formula is C16H10BrF2N6O. The molecule has 1 N–H and O–H groups in total. The zero-order valence-corrected chi connectivity index (χ0v) is 14.6. The first-order valence-electron chi connectivity index (χ1n) is 7.40. The highest BCUT2D eigenvalue weighted by molar-refractivity contribution is 9.10. The first-order chi connectivity index (χ1) is 12.6. The molecule has 0 amide bonds. The molecule has 10 heteroatoms. The van der Waals surface area contributed by atoms with E-state index in [4.69, 9.17) is 0 Å². The number of anilines is 1. The van der Waals surface area contributed by atoms with Crippen LogP contribution in [0.4, 0.5) is 14.5 Å². The van der Waals surface area contributed by atoms with Gasteiger partial charge in [-0.05, 0) is 24.3 Å². The zero-order chi connectivity index (χ0) is 18.1. The third-order valence-corrected chi connectivity index (χ3v) is 4.05. The van der Waals surface area contributed by atoms with Crippen LogP contribution in [0.2, 0.25) is 0 Å². The maximum absolute atomic E-state index is 12.7. The highest BCUT2D eigenvalue weighted by atomic mass is 79.9. The van der Waals surface area contributed by atoms with Crippen LogP contribution in [0.3, 0.4) is 0 Å². The number of hydrogen-bond acceptors (Lipinski definition) is 5. The lowest BCUT2D eigenvalue weighted by molar-refractivity contribution is -0.0499. The predicted molar refractivity (Wildman–Crippen MR) is 94.1 cm³/mol. The summed E-state index contributed by atoms with van der Waals surface area (Å²) in [7, 11) is 0. The van der Waals surface area contributed by atoms with Gasteiger partial charge in [0.05, 0.1) is 18.1 Å². The van der Waals surface area contributed by atoms with Crippen molar-refractivity contribution >= 4 is 33.0 Å². The van der Waals surface area contributed by atoms with Crippen LogP contribution in [0.1, 0.15) is 5.56 Å². The van der Waals surface area contributed by atoms with Crippen molar-refractivity contribution in [3.63, 3.8) is 0 Å². The molecule has 7 nitrogen and oxygen atoms in total. The number of aromatic nitrogens is 3. The largest absolute Gasteiger partial charge is 0.434 e. The number of rotatable bonds is 5. The topological polar surface area (TPSA) is 77.9 Å². The Bertz CT molecular complexity index is 1030. The van der Waals surface area contributed by atoms with E-state index >= 15 is 0 Å². The highest BCUT2D eigenvalue weighted by Crippen LogP contribution is 2.29. The zero-order valence-electron chi connectivity index (χ0n) is 13.0. The molecule has 0 fully saturated rings. The number of fused-ring (bicyclic) bond motifs is 1. The summed E-state index contributed by atoms with van der Waals surface area (Å²) in [5.74, 6) is 0.00439. The minimum absolute atomic E-state index is 0.00439. The van der Waals surface area contributed by atoms with Crippen molar-refractivity contribution in [1.29, 1.82) is 0 Å². The molecule has 2 aromatic heterocycles. The van der Waals surface area contributed by atoms with Gasteiger partial charge in [-0.1, -0.05) is 15.9 Å². The summed E-state index contributed by atoms with van der Waals surface area (Å²) in [5.41, 5.74) is 6.40. The number of halogens is 3. The van der Waals surface area contributed by atoms with Crippen molar-refractivity contribution < 1.29 is 13.5 Å². The lowest BCUT2D eigenvalue weighted by atomic mass is 10.1. The van der Waals surface area contributed by atoms with Gasteiger partial charge < -0.3 is 10.1 Å². The molecule has 0 bridgehead atoms. The van der Waals surface area contributed by atoms with Gasteiger partial charge in [0.15, 0.2) is 5.65 Å². The third kappa shape index (κ3) is 3.10. The summed E-state index contributed by atoms with van der Waals surface area (Å²) in [6, 6.07) is 6.46. The number of benzene rings is 1. The van der Waals surface area contributed by atoms with E-state index in [0.717, 1.165) is 0 Å². The molecule has 0 saturated heterocycles. The molecule has 3 aromatic rings. The van der Waals surface area contributed by atoms with Crippen molar-refractivity contribution in [2.24, 2.45) is 5.10 Å². The summed E-state index contributed by atoms with van der Waals surface area (Å²) in [4.78, 5) is 4.26. The molecule has 0 aliphatic carbocycles. The van der Waals surface area contributed by atoms with Crippen molar-refractivity contribution in [1.82, 2.24) is 20.0 Å². The number of alkyl halides is 2. The second-order valence-electron chi connectivity index (χ2n) is 5.20. The fourth-order valence-corrected chi connectivity index (χ4v) is 2.86. The van der Waals surface area contributed by atoms with Crippen molar-refractivity contribution in [3.05, 3.63) is 64.8 Å². The lowest BCUT2D eigenvalue weighted by Gasteiger charge is -2.13. The van der Waals surface area contributed by atoms with Crippen LogP contribution in [0, 0.1) is 0 Å². The Kier molecular flexibility index (Phi) is 4.25. The normalized spacial score (nSPS) is 13.5. The van der Waals surface area contributed by atoms with E-state index in [0.29, 0.717) is 32.8 Å². The van der Waals surface area contributed by atoms with E-state index in [1.165, 1.54) is 12.3 Å². The van der Waals surface area contributed by atoms with Crippen molar-refractivity contribution in [3.8, 4) is 5.75 Å². The van der Waals surface area contributed by atoms with Gasteiger partial charge in [0.25, 0.3) is 0 Å². The standard InChI is InChI=1S/C16H10BrF2N6O/c17-9-2-3-13(26-16(18)19)10(6-9)14-11(7-21-24-14)23-12-8-22-25-5-1-4-20-15(12)25/h1-8,16,23H. The minimum Gasteiger partial charge on any atom is -0.434 e. The third-order valence-electron chi connectivity index (χ3n) is 3.56. The quantitative estimate of drug-likeness (QED) is 0.687. The van der Waals surface area contributed by atoms with E-state index < -0.39 is 6.61 Å². The van der Waals surface area contributed by atoms with Gasteiger partial charge >= 0.3 is 6.61 Å². The van der Waals surface area contributed by atoms with Gasteiger partial charge in [0.1, 0.15) is 17.1 Å². The van der Waals surface area contributed by atoms with Crippen LogP contribution in [0.5, 0.6) is 5.75 Å².